The molecular formula is C16H23Cl2NO. The first-order chi connectivity index (χ1) is 9.30. The number of hydrogen-bond acceptors (Lipinski definition) is 2. The minimum Gasteiger partial charge on any atom is -0.376 e. The van der Waals surface area contributed by atoms with Crippen LogP contribution in [0.4, 0.5) is 0 Å². The second-order valence-electron chi connectivity index (χ2n) is 6.58. The predicted octanol–water partition coefficient (Wildman–Crippen LogP) is 4.98. The van der Waals surface area contributed by atoms with E-state index in [1.807, 2.05) is 6.07 Å². The van der Waals surface area contributed by atoms with Gasteiger partial charge in [-0.3, -0.25) is 0 Å². The van der Waals surface area contributed by atoms with Crippen molar-refractivity contribution < 1.29 is 4.74 Å². The molecule has 0 bridgehead atoms. The number of methoxy groups -OCH3 is 1. The van der Waals surface area contributed by atoms with Gasteiger partial charge in [-0.15, -0.1) is 0 Å². The maximum Gasteiger partial charge on any atom is 0.0871 e. The summed E-state index contributed by atoms with van der Waals surface area (Å²) in [4.78, 5) is 0. The highest BCUT2D eigenvalue weighted by Crippen LogP contribution is 2.47. The topological polar surface area (TPSA) is 35.2 Å². The predicted molar refractivity (Wildman–Crippen MR) is 85.4 cm³/mol. The van der Waals surface area contributed by atoms with Crippen molar-refractivity contribution in [1.29, 1.82) is 0 Å². The SMILES string of the molecule is COC1(C(N)c2cc(Cl)ccc2Cl)CCC(C)(C)CC1. The summed E-state index contributed by atoms with van der Waals surface area (Å²) in [6.07, 6.45) is 4.10. The molecule has 1 aliphatic carbocycles. The van der Waals surface area contributed by atoms with Crippen LogP contribution >= 0.6 is 23.2 Å². The average Bonchev–Trinajstić information content (AvgIpc) is 2.41. The van der Waals surface area contributed by atoms with Crippen molar-refractivity contribution in [3.05, 3.63) is 33.8 Å². The zero-order chi connectivity index (χ0) is 15.0. The van der Waals surface area contributed by atoms with E-state index in [1.165, 1.54) is 0 Å². The second-order valence-corrected chi connectivity index (χ2v) is 7.42. The fraction of sp³-hybridized carbons (Fsp3) is 0.625. The van der Waals surface area contributed by atoms with E-state index in [-0.39, 0.29) is 11.6 Å². The lowest BCUT2D eigenvalue weighted by molar-refractivity contribution is -0.0794. The normalized spacial score (nSPS) is 22.5. The van der Waals surface area contributed by atoms with Crippen molar-refractivity contribution in [2.75, 3.05) is 7.11 Å². The van der Waals surface area contributed by atoms with Crippen molar-refractivity contribution in [2.24, 2.45) is 11.1 Å². The van der Waals surface area contributed by atoms with Gasteiger partial charge >= 0.3 is 0 Å². The van der Waals surface area contributed by atoms with Gasteiger partial charge in [0.1, 0.15) is 0 Å². The first-order valence-corrected chi connectivity index (χ1v) is 7.81. The van der Waals surface area contributed by atoms with E-state index in [0.717, 1.165) is 31.2 Å². The molecule has 0 amide bonds. The Balaban J connectivity index is 2.30. The lowest BCUT2D eigenvalue weighted by Crippen LogP contribution is -2.47. The van der Waals surface area contributed by atoms with Gasteiger partial charge in [0.2, 0.25) is 0 Å². The largest absolute Gasteiger partial charge is 0.376 e. The Kier molecular flexibility index (Phi) is 4.70. The number of benzene rings is 1. The molecule has 2 nitrogen and oxygen atoms in total. The van der Waals surface area contributed by atoms with Gasteiger partial charge in [0.15, 0.2) is 0 Å². The molecule has 112 valence electrons. The highest BCUT2D eigenvalue weighted by atomic mass is 35.5. The lowest BCUT2D eigenvalue weighted by Gasteiger charge is -2.46. The quantitative estimate of drug-likeness (QED) is 0.853. The summed E-state index contributed by atoms with van der Waals surface area (Å²) in [7, 11) is 1.75. The highest BCUT2D eigenvalue weighted by molar-refractivity contribution is 6.33. The third-order valence-corrected chi connectivity index (χ3v) is 5.30. The maximum atomic E-state index is 6.51. The molecule has 20 heavy (non-hydrogen) atoms. The number of hydrogen-bond donors (Lipinski definition) is 1. The number of halogens is 2. The van der Waals surface area contributed by atoms with Crippen LogP contribution in [0.3, 0.4) is 0 Å². The van der Waals surface area contributed by atoms with E-state index in [0.29, 0.717) is 15.5 Å². The van der Waals surface area contributed by atoms with E-state index >= 15 is 0 Å². The molecule has 0 aromatic heterocycles. The van der Waals surface area contributed by atoms with E-state index < -0.39 is 0 Å². The summed E-state index contributed by atoms with van der Waals surface area (Å²) in [5, 5.41) is 1.31. The van der Waals surface area contributed by atoms with Crippen LogP contribution < -0.4 is 5.73 Å². The minimum atomic E-state index is -0.343. The highest BCUT2D eigenvalue weighted by Gasteiger charge is 2.43. The van der Waals surface area contributed by atoms with Crippen LogP contribution in [0, 0.1) is 5.41 Å². The zero-order valence-corrected chi connectivity index (χ0v) is 13.9. The third-order valence-electron chi connectivity index (χ3n) is 4.72. The van der Waals surface area contributed by atoms with Crippen molar-refractivity contribution in [3.8, 4) is 0 Å². The molecule has 1 unspecified atom stereocenters. The Morgan fingerprint density at radius 1 is 1.15 bits per heavy atom. The molecule has 1 aromatic rings. The Labute approximate surface area is 131 Å². The van der Waals surface area contributed by atoms with Gasteiger partial charge in [-0.05, 0) is 54.9 Å². The second kappa shape index (κ2) is 5.84. The monoisotopic (exact) mass is 315 g/mol. The molecule has 1 saturated carbocycles. The summed E-state index contributed by atoms with van der Waals surface area (Å²) in [5.74, 6) is 0. The van der Waals surface area contributed by atoms with Crippen LogP contribution in [0.5, 0.6) is 0 Å². The third kappa shape index (κ3) is 3.14. The maximum absolute atomic E-state index is 6.51. The van der Waals surface area contributed by atoms with Gasteiger partial charge in [-0.1, -0.05) is 37.0 Å². The fourth-order valence-electron chi connectivity index (χ4n) is 3.03. The molecule has 0 saturated heterocycles. The Hall–Kier alpha value is -0.280. The van der Waals surface area contributed by atoms with Crippen molar-refractivity contribution in [2.45, 2.75) is 51.2 Å². The molecular weight excluding hydrogens is 293 g/mol. The van der Waals surface area contributed by atoms with Gasteiger partial charge in [0.25, 0.3) is 0 Å². The van der Waals surface area contributed by atoms with Gasteiger partial charge in [0, 0.05) is 17.2 Å². The summed E-state index contributed by atoms with van der Waals surface area (Å²) in [6, 6.07) is 5.18. The zero-order valence-electron chi connectivity index (χ0n) is 12.4. The smallest absolute Gasteiger partial charge is 0.0871 e. The molecule has 0 radical (unpaired) electrons. The van der Waals surface area contributed by atoms with Gasteiger partial charge in [0.05, 0.1) is 11.6 Å². The molecule has 2 N–H and O–H groups in total. The first-order valence-electron chi connectivity index (χ1n) is 7.05. The van der Waals surface area contributed by atoms with E-state index in [2.05, 4.69) is 13.8 Å². The molecule has 1 aliphatic rings. The van der Waals surface area contributed by atoms with Crippen LogP contribution in [0.1, 0.15) is 51.1 Å². The van der Waals surface area contributed by atoms with Gasteiger partial charge in [-0.25, -0.2) is 0 Å². The number of nitrogens with two attached hydrogens (primary N) is 1. The van der Waals surface area contributed by atoms with Gasteiger partial charge < -0.3 is 10.5 Å². The van der Waals surface area contributed by atoms with E-state index in [1.54, 1.807) is 19.2 Å². The standard InChI is InChI=1S/C16H23Cl2NO/c1-15(2)6-8-16(20-3,9-7-15)14(19)12-10-11(17)4-5-13(12)18/h4-5,10,14H,6-9,19H2,1-3H3. The first kappa shape index (κ1) is 16.1. The number of ether oxygens (including phenoxy) is 1. The van der Waals surface area contributed by atoms with Crippen molar-refractivity contribution in [1.82, 2.24) is 0 Å². The Morgan fingerprint density at radius 3 is 2.30 bits per heavy atom. The average molecular weight is 316 g/mol. The molecule has 0 heterocycles. The molecule has 1 atom stereocenters. The number of rotatable bonds is 3. The van der Waals surface area contributed by atoms with Gasteiger partial charge in [-0.2, -0.15) is 0 Å². The lowest BCUT2D eigenvalue weighted by atomic mass is 9.67. The van der Waals surface area contributed by atoms with Crippen LogP contribution in [-0.2, 0) is 4.74 Å². The van der Waals surface area contributed by atoms with E-state index in [4.69, 9.17) is 33.7 Å². The summed E-state index contributed by atoms with van der Waals surface area (Å²) in [6.45, 7) is 4.59. The van der Waals surface area contributed by atoms with Crippen molar-refractivity contribution in [3.63, 3.8) is 0 Å². The molecule has 1 aromatic carbocycles. The van der Waals surface area contributed by atoms with Crippen LogP contribution in [0.25, 0.3) is 0 Å². The molecule has 2 rings (SSSR count). The van der Waals surface area contributed by atoms with E-state index in [9.17, 15) is 0 Å². The summed E-state index contributed by atoms with van der Waals surface area (Å²) < 4.78 is 5.86. The molecule has 1 fully saturated rings. The van der Waals surface area contributed by atoms with Crippen LogP contribution in [-0.4, -0.2) is 12.7 Å². The minimum absolute atomic E-state index is 0.255. The van der Waals surface area contributed by atoms with Crippen molar-refractivity contribution >= 4 is 23.2 Å². The van der Waals surface area contributed by atoms with Crippen LogP contribution in [0.15, 0.2) is 18.2 Å². The van der Waals surface area contributed by atoms with Crippen LogP contribution in [0.2, 0.25) is 10.0 Å². The Morgan fingerprint density at radius 2 is 1.75 bits per heavy atom. The summed E-state index contributed by atoms with van der Waals surface area (Å²) in [5.41, 5.74) is 7.40. The molecule has 0 spiro atoms. The summed E-state index contributed by atoms with van der Waals surface area (Å²) >= 11 is 12.4. The molecule has 0 aliphatic heterocycles. The Bertz CT molecular complexity index is 477. The fourth-order valence-corrected chi connectivity index (χ4v) is 3.44. The molecule has 4 heteroatoms.